The third kappa shape index (κ3) is 1.23. The fourth-order valence-corrected chi connectivity index (χ4v) is 0.656. The molecular weight excluding hydrogens is 122 g/mol. The lowest BCUT2D eigenvalue weighted by Gasteiger charge is -1.90. The summed E-state index contributed by atoms with van der Waals surface area (Å²) in [6, 6.07) is 0. The number of aromatic nitrogens is 3. The van der Waals surface area contributed by atoms with Crippen LogP contribution < -0.4 is 0 Å². The van der Waals surface area contributed by atoms with Gasteiger partial charge in [-0.15, -0.1) is 0 Å². The molecule has 0 aliphatic carbocycles. The highest BCUT2D eigenvalue weighted by Gasteiger charge is 1.83. The number of aryl methyl sites for hydroxylation is 1. The van der Waals surface area contributed by atoms with E-state index >= 15 is 0 Å². The number of nitrogens with zero attached hydrogens (tertiary/aromatic N) is 3. The zero-order valence-corrected chi connectivity index (χ0v) is 5.25. The maximum absolute atomic E-state index is 4.02. The van der Waals surface area contributed by atoms with E-state index in [-0.39, 0.29) is 0 Å². The van der Waals surface area contributed by atoms with Crippen molar-refractivity contribution in [2.75, 3.05) is 5.75 Å². The zero-order chi connectivity index (χ0) is 5.82. The van der Waals surface area contributed by atoms with Crippen molar-refractivity contribution in [3.8, 4) is 0 Å². The predicted molar refractivity (Wildman–Crippen MR) is 33.9 cm³/mol. The van der Waals surface area contributed by atoms with Gasteiger partial charge in [-0.2, -0.15) is 17.7 Å². The van der Waals surface area contributed by atoms with Gasteiger partial charge in [0.1, 0.15) is 12.7 Å². The van der Waals surface area contributed by atoms with Gasteiger partial charge >= 0.3 is 0 Å². The van der Waals surface area contributed by atoms with E-state index in [0.717, 1.165) is 12.3 Å². The Kier molecular flexibility index (Phi) is 1.91. The minimum Gasteiger partial charge on any atom is -0.252 e. The zero-order valence-electron chi connectivity index (χ0n) is 4.36. The number of hydrogen-bond acceptors (Lipinski definition) is 3. The number of rotatable bonds is 2. The van der Waals surface area contributed by atoms with Crippen LogP contribution in [0.4, 0.5) is 0 Å². The largest absolute Gasteiger partial charge is 0.252 e. The molecule has 0 fully saturated rings. The molecular formula is C4H7N3S. The smallest absolute Gasteiger partial charge is 0.137 e. The first-order valence-corrected chi connectivity index (χ1v) is 3.00. The van der Waals surface area contributed by atoms with Crippen LogP contribution in [0.5, 0.6) is 0 Å². The lowest BCUT2D eigenvalue weighted by molar-refractivity contribution is 0.665. The summed E-state index contributed by atoms with van der Waals surface area (Å²) < 4.78 is 1.74. The molecule has 1 aromatic rings. The van der Waals surface area contributed by atoms with Crippen LogP contribution in [0, 0.1) is 0 Å². The topological polar surface area (TPSA) is 30.7 Å². The molecule has 0 atom stereocenters. The first kappa shape index (κ1) is 5.62. The van der Waals surface area contributed by atoms with E-state index in [2.05, 4.69) is 22.7 Å². The molecule has 0 radical (unpaired) electrons. The van der Waals surface area contributed by atoms with Crippen LogP contribution in [0.25, 0.3) is 0 Å². The molecule has 0 bridgehead atoms. The summed E-state index contributed by atoms with van der Waals surface area (Å²) >= 11 is 4.02. The fourth-order valence-electron chi connectivity index (χ4n) is 0.451. The van der Waals surface area contributed by atoms with Crippen LogP contribution >= 0.6 is 12.6 Å². The van der Waals surface area contributed by atoms with E-state index < -0.39 is 0 Å². The monoisotopic (exact) mass is 129 g/mol. The van der Waals surface area contributed by atoms with E-state index in [4.69, 9.17) is 0 Å². The third-order valence-corrected chi connectivity index (χ3v) is 0.996. The molecule has 3 nitrogen and oxygen atoms in total. The Morgan fingerprint density at radius 3 is 3.00 bits per heavy atom. The summed E-state index contributed by atoms with van der Waals surface area (Å²) in [6.45, 7) is 0.836. The van der Waals surface area contributed by atoms with Crippen LogP contribution in [0.2, 0.25) is 0 Å². The fraction of sp³-hybridized carbons (Fsp3) is 0.500. The van der Waals surface area contributed by atoms with Crippen LogP contribution in [0.1, 0.15) is 0 Å². The van der Waals surface area contributed by atoms with Crippen molar-refractivity contribution in [3.05, 3.63) is 12.7 Å². The van der Waals surface area contributed by atoms with Crippen LogP contribution in [0.15, 0.2) is 12.7 Å². The highest BCUT2D eigenvalue weighted by atomic mass is 32.1. The molecule has 0 saturated carbocycles. The highest BCUT2D eigenvalue weighted by molar-refractivity contribution is 7.80. The van der Waals surface area contributed by atoms with Gasteiger partial charge in [0.15, 0.2) is 0 Å². The standard InChI is InChI=1S/C4H7N3S/c8-2-1-7-4-5-3-6-7/h3-4,8H,1-2H2. The number of hydrogen-bond donors (Lipinski definition) is 1. The summed E-state index contributed by atoms with van der Waals surface area (Å²) in [4.78, 5) is 3.76. The van der Waals surface area contributed by atoms with Gasteiger partial charge in [-0.3, -0.25) is 4.68 Å². The van der Waals surface area contributed by atoms with Crippen LogP contribution in [-0.4, -0.2) is 20.5 Å². The lowest BCUT2D eigenvalue weighted by atomic mass is 10.8. The molecule has 44 valence electrons. The minimum absolute atomic E-state index is 0.809. The van der Waals surface area contributed by atoms with Crippen molar-refractivity contribution in [2.24, 2.45) is 0 Å². The van der Waals surface area contributed by atoms with Crippen molar-refractivity contribution in [1.82, 2.24) is 14.8 Å². The van der Waals surface area contributed by atoms with Gasteiger partial charge in [-0.25, -0.2) is 4.98 Å². The second kappa shape index (κ2) is 2.71. The molecule has 0 aliphatic rings. The Balaban J connectivity index is 2.50. The van der Waals surface area contributed by atoms with E-state index in [0.29, 0.717) is 0 Å². The molecule has 0 aliphatic heterocycles. The van der Waals surface area contributed by atoms with Crippen LogP contribution in [0.3, 0.4) is 0 Å². The normalized spacial score (nSPS) is 9.62. The van der Waals surface area contributed by atoms with Gasteiger partial charge in [0.25, 0.3) is 0 Å². The molecule has 4 heteroatoms. The molecule has 0 aromatic carbocycles. The Hall–Kier alpha value is -0.510. The highest BCUT2D eigenvalue weighted by Crippen LogP contribution is 1.80. The number of thiol groups is 1. The van der Waals surface area contributed by atoms with Crippen molar-refractivity contribution >= 4 is 12.6 Å². The molecule has 1 aromatic heterocycles. The van der Waals surface area contributed by atoms with Crippen molar-refractivity contribution < 1.29 is 0 Å². The second-order valence-corrected chi connectivity index (χ2v) is 1.83. The van der Waals surface area contributed by atoms with Crippen LogP contribution in [-0.2, 0) is 6.54 Å². The van der Waals surface area contributed by atoms with Crippen molar-refractivity contribution in [3.63, 3.8) is 0 Å². The van der Waals surface area contributed by atoms with Gasteiger partial charge in [0.2, 0.25) is 0 Å². The van der Waals surface area contributed by atoms with E-state index in [1.807, 2.05) is 0 Å². The summed E-state index contributed by atoms with van der Waals surface area (Å²) in [7, 11) is 0. The quantitative estimate of drug-likeness (QED) is 0.578. The van der Waals surface area contributed by atoms with Crippen molar-refractivity contribution in [1.29, 1.82) is 0 Å². The van der Waals surface area contributed by atoms with E-state index in [9.17, 15) is 0 Å². The summed E-state index contributed by atoms with van der Waals surface area (Å²) in [5.74, 6) is 0.809. The average molecular weight is 129 g/mol. The van der Waals surface area contributed by atoms with E-state index in [1.165, 1.54) is 6.33 Å². The predicted octanol–water partition coefficient (Wildman–Crippen LogP) is 0.208. The third-order valence-electron chi connectivity index (χ3n) is 0.796. The molecule has 0 amide bonds. The van der Waals surface area contributed by atoms with Gasteiger partial charge in [-0.1, -0.05) is 0 Å². The van der Waals surface area contributed by atoms with Gasteiger partial charge < -0.3 is 0 Å². The average Bonchev–Trinajstić information content (AvgIpc) is 2.19. The maximum atomic E-state index is 4.02. The second-order valence-electron chi connectivity index (χ2n) is 1.38. The first-order valence-electron chi connectivity index (χ1n) is 2.37. The SMILES string of the molecule is SCCn1cncn1. The first-order chi connectivity index (χ1) is 3.93. The molecule has 0 N–H and O–H groups in total. The molecule has 8 heavy (non-hydrogen) atoms. The van der Waals surface area contributed by atoms with Crippen molar-refractivity contribution in [2.45, 2.75) is 6.54 Å². The Labute approximate surface area is 53.1 Å². The minimum atomic E-state index is 0.809. The lowest BCUT2D eigenvalue weighted by Crippen LogP contribution is -1.98. The van der Waals surface area contributed by atoms with Gasteiger partial charge in [-0.05, 0) is 0 Å². The Morgan fingerprint density at radius 2 is 2.50 bits per heavy atom. The van der Waals surface area contributed by atoms with Gasteiger partial charge in [0.05, 0.1) is 6.54 Å². The Bertz CT molecular complexity index is 137. The molecule has 0 unspecified atom stereocenters. The summed E-state index contributed by atoms with van der Waals surface area (Å²) in [5, 5.41) is 3.86. The summed E-state index contributed by atoms with van der Waals surface area (Å²) in [5.41, 5.74) is 0. The Morgan fingerprint density at radius 1 is 1.62 bits per heavy atom. The maximum Gasteiger partial charge on any atom is 0.137 e. The molecule has 0 spiro atoms. The molecule has 0 saturated heterocycles. The molecule has 1 rings (SSSR count). The van der Waals surface area contributed by atoms with Gasteiger partial charge in [0, 0.05) is 5.75 Å². The molecule has 1 heterocycles. The van der Waals surface area contributed by atoms with E-state index in [1.54, 1.807) is 11.0 Å². The summed E-state index contributed by atoms with van der Waals surface area (Å²) in [6.07, 6.45) is 3.19.